The van der Waals surface area contributed by atoms with Gasteiger partial charge in [0.2, 0.25) is 0 Å². The standard InChI is InChI=1S/C14H25N3S/c1-5-17(9-12-6-7-12)14-16-11(4)13(18-14)8-15-10(2)3/h10,12,15H,5-9H2,1-4H3. The van der Waals surface area contributed by atoms with Crippen LogP contribution >= 0.6 is 11.3 Å². The van der Waals surface area contributed by atoms with E-state index in [9.17, 15) is 0 Å². The Labute approximate surface area is 115 Å². The third kappa shape index (κ3) is 3.69. The van der Waals surface area contributed by atoms with Crippen LogP contribution in [0.25, 0.3) is 0 Å². The van der Waals surface area contributed by atoms with Crippen LogP contribution < -0.4 is 10.2 Å². The van der Waals surface area contributed by atoms with Crippen molar-refractivity contribution in [2.75, 3.05) is 18.0 Å². The molecule has 0 bridgehead atoms. The van der Waals surface area contributed by atoms with Crippen molar-refractivity contribution in [2.45, 2.75) is 53.1 Å². The predicted octanol–water partition coefficient (Wildman–Crippen LogP) is 3.19. The number of thiazole rings is 1. The van der Waals surface area contributed by atoms with Crippen LogP contribution in [0.1, 0.15) is 44.2 Å². The lowest BCUT2D eigenvalue weighted by Gasteiger charge is -2.19. The highest BCUT2D eigenvalue weighted by Gasteiger charge is 2.25. The van der Waals surface area contributed by atoms with E-state index in [2.05, 4.69) is 37.9 Å². The molecule has 102 valence electrons. The van der Waals surface area contributed by atoms with Crippen LogP contribution in [-0.2, 0) is 6.54 Å². The van der Waals surface area contributed by atoms with Gasteiger partial charge >= 0.3 is 0 Å². The van der Waals surface area contributed by atoms with Crippen molar-refractivity contribution in [1.82, 2.24) is 10.3 Å². The zero-order valence-electron chi connectivity index (χ0n) is 12.0. The Bertz CT molecular complexity index is 382. The third-order valence-corrected chi connectivity index (χ3v) is 4.60. The fraction of sp³-hybridized carbons (Fsp3) is 0.786. The van der Waals surface area contributed by atoms with E-state index < -0.39 is 0 Å². The van der Waals surface area contributed by atoms with Gasteiger partial charge in [0.05, 0.1) is 5.69 Å². The smallest absolute Gasteiger partial charge is 0.185 e. The van der Waals surface area contributed by atoms with Crippen LogP contribution in [0.2, 0.25) is 0 Å². The summed E-state index contributed by atoms with van der Waals surface area (Å²) in [6.07, 6.45) is 2.81. The second-order valence-electron chi connectivity index (χ2n) is 5.52. The molecule has 1 aliphatic carbocycles. The molecule has 0 amide bonds. The number of anilines is 1. The Balaban J connectivity index is 2.00. The molecule has 1 aromatic heterocycles. The number of aromatic nitrogens is 1. The number of aryl methyl sites for hydroxylation is 1. The molecule has 0 aromatic carbocycles. The van der Waals surface area contributed by atoms with Gasteiger partial charge < -0.3 is 10.2 Å². The third-order valence-electron chi connectivity index (χ3n) is 3.38. The molecule has 1 fully saturated rings. The van der Waals surface area contributed by atoms with Gasteiger partial charge in [-0.15, -0.1) is 11.3 Å². The second-order valence-corrected chi connectivity index (χ2v) is 6.58. The summed E-state index contributed by atoms with van der Waals surface area (Å²) >= 11 is 1.86. The average molecular weight is 267 g/mol. The molecule has 1 N–H and O–H groups in total. The highest BCUT2D eigenvalue weighted by atomic mass is 32.1. The van der Waals surface area contributed by atoms with Gasteiger partial charge in [-0.1, -0.05) is 13.8 Å². The lowest BCUT2D eigenvalue weighted by atomic mass is 10.3. The minimum Gasteiger partial charge on any atom is -0.348 e. The Morgan fingerprint density at radius 2 is 2.17 bits per heavy atom. The first-order valence-electron chi connectivity index (χ1n) is 7.04. The quantitative estimate of drug-likeness (QED) is 0.822. The molecule has 4 heteroatoms. The lowest BCUT2D eigenvalue weighted by Crippen LogP contribution is -2.24. The van der Waals surface area contributed by atoms with E-state index in [1.54, 1.807) is 0 Å². The first kappa shape index (κ1) is 13.8. The Kier molecular flexibility index (Phi) is 4.62. The predicted molar refractivity (Wildman–Crippen MR) is 79.4 cm³/mol. The van der Waals surface area contributed by atoms with Gasteiger partial charge in [-0.05, 0) is 32.6 Å². The van der Waals surface area contributed by atoms with Crippen molar-refractivity contribution in [1.29, 1.82) is 0 Å². The fourth-order valence-electron chi connectivity index (χ4n) is 1.96. The SMILES string of the molecule is CCN(CC1CC1)c1nc(C)c(CNC(C)C)s1. The Morgan fingerprint density at radius 1 is 1.44 bits per heavy atom. The zero-order chi connectivity index (χ0) is 13.1. The summed E-state index contributed by atoms with van der Waals surface area (Å²) in [7, 11) is 0. The van der Waals surface area contributed by atoms with Crippen molar-refractivity contribution >= 4 is 16.5 Å². The fourth-order valence-corrected chi connectivity index (χ4v) is 3.05. The zero-order valence-corrected chi connectivity index (χ0v) is 12.8. The molecule has 18 heavy (non-hydrogen) atoms. The highest BCUT2D eigenvalue weighted by molar-refractivity contribution is 7.15. The maximum atomic E-state index is 4.75. The number of hydrogen-bond acceptors (Lipinski definition) is 4. The number of nitrogens with one attached hydrogen (secondary N) is 1. The molecule has 0 atom stereocenters. The molecule has 0 radical (unpaired) electrons. The minimum atomic E-state index is 0.531. The van der Waals surface area contributed by atoms with Crippen LogP contribution in [-0.4, -0.2) is 24.1 Å². The van der Waals surface area contributed by atoms with Gasteiger partial charge in [-0.2, -0.15) is 0 Å². The summed E-state index contributed by atoms with van der Waals surface area (Å²) < 4.78 is 0. The van der Waals surface area contributed by atoms with Gasteiger partial charge in [0.15, 0.2) is 5.13 Å². The van der Waals surface area contributed by atoms with Crippen LogP contribution in [0.5, 0.6) is 0 Å². The number of hydrogen-bond donors (Lipinski definition) is 1. The van der Waals surface area contributed by atoms with Crippen molar-refractivity contribution < 1.29 is 0 Å². The van der Waals surface area contributed by atoms with Crippen molar-refractivity contribution in [3.8, 4) is 0 Å². The monoisotopic (exact) mass is 267 g/mol. The molecular weight excluding hydrogens is 242 g/mol. The van der Waals surface area contributed by atoms with Crippen LogP contribution in [0, 0.1) is 12.8 Å². The summed E-state index contributed by atoms with van der Waals surface area (Å²) in [5, 5.41) is 4.69. The molecular formula is C14H25N3S. The van der Waals surface area contributed by atoms with Crippen molar-refractivity contribution in [3.63, 3.8) is 0 Å². The van der Waals surface area contributed by atoms with E-state index >= 15 is 0 Å². The number of rotatable bonds is 7. The lowest BCUT2D eigenvalue weighted by molar-refractivity contribution is 0.591. The number of nitrogens with zero attached hydrogens (tertiary/aromatic N) is 2. The van der Waals surface area contributed by atoms with Crippen molar-refractivity contribution in [2.24, 2.45) is 5.92 Å². The maximum absolute atomic E-state index is 4.75. The topological polar surface area (TPSA) is 28.2 Å². The van der Waals surface area contributed by atoms with Gasteiger partial charge in [0.25, 0.3) is 0 Å². The molecule has 3 nitrogen and oxygen atoms in total. The van der Waals surface area contributed by atoms with Crippen LogP contribution in [0.4, 0.5) is 5.13 Å². The summed E-state index contributed by atoms with van der Waals surface area (Å²) in [5.41, 5.74) is 1.19. The van der Waals surface area contributed by atoms with E-state index in [0.717, 1.165) is 19.0 Å². The molecule has 2 rings (SSSR count). The largest absolute Gasteiger partial charge is 0.348 e. The van der Waals surface area contributed by atoms with Gasteiger partial charge in [-0.25, -0.2) is 4.98 Å². The second kappa shape index (κ2) is 6.02. The van der Waals surface area contributed by atoms with Crippen LogP contribution in [0.15, 0.2) is 0 Å². The summed E-state index contributed by atoms with van der Waals surface area (Å²) in [4.78, 5) is 8.57. The maximum Gasteiger partial charge on any atom is 0.185 e. The molecule has 0 aliphatic heterocycles. The highest BCUT2D eigenvalue weighted by Crippen LogP contribution is 2.33. The first-order chi connectivity index (χ1) is 8.60. The summed E-state index contributed by atoms with van der Waals surface area (Å²) in [6, 6.07) is 0.531. The molecule has 0 unspecified atom stereocenters. The van der Waals surface area contributed by atoms with E-state index in [1.807, 2.05) is 11.3 Å². The van der Waals surface area contributed by atoms with E-state index in [1.165, 1.54) is 35.1 Å². The molecule has 1 heterocycles. The van der Waals surface area contributed by atoms with Gasteiger partial charge in [0, 0.05) is 30.6 Å². The van der Waals surface area contributed by atoms with E-state index in [4.69, 9.17) is 4.98 Å². The van der Waals surface area contributed by atoms with Gasteiger partial charge in [0.1, 0.15) is 0 Å². The molecule has 1 saturated carbocycles. The van der Waals surface area contributed by atoms with E-state index in [0.29, 0.717) is 6.04 Å². The molecule has 0 saturated heterocycles. The summed E-state index contributed by atoms with van der Waals surface area (Å²) in [6.45, 7) is 11.9. The summed E-state index contributed by atoms with van der Waals surface area (Å²) in [5.74, 6) is 0.923. The molecule has 0 spiro atoms. The Morgan fingerprint density at radius 3 is 2.72 bits per heavy atom. The minimum absolute atomic E-state index is 0.531. The molecule has 1 aliphatic rings. The Hall–Kier alpha value is -0.610. The van der Waals surface area contributed by atoms with E-state index in [-0.39, 0.29) is 0 Å². The average Bonchev–Trinajstić information content (AvgIpc) is 3.07. The molecule has 1 aromatic rings. The van der Waals surface area contributed by atoms with Gasteiger partial charge in [-0.3, -0.25) is 0 Å². The van der Waals surface area contributed by atoms with Crippen molar-refractivity contribution in [3.05, 3.63) is 10.6 Å². The first-order valence-corrected chi connectivity index (χ1v) is 7.86. The normalized spacial score (nSPS) is 15.4. The van der Waals surface area contributed by atoms with Crippen LogP contribution in [0.3, 0.4) is 0 Å².